The van der Waals surface area contributed by atoms with E-state index in [1.807, 2.05) is 35.2 Å². The zero-order chi connectivity index (χ0) is 32.8. The highest BCUT2D eigenvalue weighted by Gasteiger charge is 2.77. The van der Waals surface area contributed by atoms with Crippen molar-refractivity contribution in [2.75, 3.05) is 26.2 Å². The smallest absolute Gasteiger partial charge is 0.313 e. The van der Waals surface area contributed by atoms with Gasteiger partial charge >= 0.3 is 5.97 Å². The third kappa shape index (κ3) is 6.69. The van der Waals surface area contributed by atoms with Crippen LogP contribution in [0, 0.1) is 11.8 Å². The van der Waals surface area contributed by atoms with Gasteiger partial charge in [-0.15, -0.1) is 13.2 Å². The molecule has 11 heteroatoms. The number of rotatable bonds is 15. The first-order chi connectivity index (χ1) is 22.3. The Kier molecular flexibility index (Phi) is 11.4. The minimum atomic E-state index is -1.22. The summed E-state index contributed by atoms with van der Waals surface area (Å²) in [5.74, 6) is -3.18. The highest BCUT2D eigenvalue weighted by Crippen LogP contribution is 2.60. The molecular weight excluding hydrogens is 654 g/mol. The Hall–Kier alpha value is -3.02. The van der Waals surface area contributed by atoms with E-state index in [0.717, 1.165) is 32.1 Å². The number of allylic oxidation sites excluding steroid dienone is 1. The number of aliphatic hydroxyl groups excluding tert-OH is 1. The largest absolute Gasteiger partial charge is 0.455 e. The molecule has 5 rings (SSSR count). The Morgan fingerprint density at radius 2 is 1.91 bits per heavy atom. The summed E-state index contributed by atoms with van der Waals surface area (Å²) >= 11 is 3.73. The average molecular weight is 701 g/mol. The predicted molar refractivity (Wildman–Crippen MR) is 176 cm³/mol. The molecule has 2 N–H and O–H groups in total. The number of ether oxygens (including phenoxy) is 2. The third-order valence-electron chi connectivity index (χ3n) is 9.97. The summed E-state index contributed by atoms with van der Waals surface area (Å²) in [5.41, 5.74) is -0.515. The Morgan fingerprint density at radius 3 is 2.59 bits per heavy atom. The van der Waals surface area contributed by atoms with Crippen LogP contribution >= 0.6 is 15.9 Å². The molecule has 1 aromatic rings. The maximum absolute atomic E-state index is 14.6. The number of alkyl halides is 1. The second-order valence-electron chi connectivity index (χ2n) is 12.8. The first-order valence-electron chi connectivity index (χ1n) is 16.5. The zero-order valence-electron chi connectivity index (χ0n) is 26.4. The number of aliphatic hydroxyl groups is 1. The van der Waals surface area contributed by atoms with Crippen molar-refractivity contribution >= 4 is 39.6 Å². The van der Waals surface area contributed by atoms with E-state index in [1.54, 1.807) is 12.2 Å². The number of nitrogens with zero attached hydrogens (tertiary/aromatic N) is 2. The number of hydrogen-bond acceptors (Lipinski definition) is 7. The molecule has 2 bridgehead atoms. The molecule has 46 heavy (non-hydrogen) atoms. The SMILES string of the molecule is C=CCCC(=O)NC[C@@H](OC(=O)[C@@H]1[C@H]2O[C@@]3(CC2Br)[C@H](C(=O)N(CC=C)C2CCCCC2)N(CCCO)C(=O)[C@@H]13)c1ccccc1. The molecule has 10 nitrogen and oxygen atoms in total. The van der Waals surface area contributed by atoms with Crippen LogP contribution in [-0.2, 0) is 28.7 Å². The molecule has 1 aliphatic carbocycles. The van der Waals surface area contributed by atoms with Gasteiger partial charge in [0.15, 0.2) is 0 Å². The lowest BCUT2D eigenvalue weighted by atomic mass is 9.70. The van der Waals surface area contributed by atoms with Gasteiger partial charge in [-0.05, 0) is 37.7 Å². The van der Waals surface area contributed by atoms with Crippen molar-refractivity contribution in [3.8, 4) is 0 Å². The Labute approximate surface area is 279 Å². The fraction of sp³-hybridized carbons (Fsp3) is 0.600. The quantitative estimate of drug-likeness (QED) is 0.162. The van der Waals surface area contributed by atoms with Crippen LogP contribution in [0.25, 0.3) is 0 Å². The molecular formula is C35H46BrN3O7. The number of hydrogen-bond donors (Lipinski definition) is 2. The predicted octanol–water partition coefficient (Wildman–Crippen LogP) is 3.83. The standard InChI is InChI=1S/C35H46BrN3O7/c1-3-5-17-27(41)37-22-26(23-13-8-6-9-14-23)45-34(44)28-29-32(42)39(19-12-20-40)31(35(29)21-25(36)30(28)46-35)33(43)38(18-4-2)24-15-10-7-11-16-24/h3-4,6,8-9,13-14,24-26,28-31,40H,1-2,5,7,10-12,15-22H2,(H,37,41)/t25?,26-,28+,29-,30+,31+,35-/m1/s1. The molecule has 0 radical (unpaired) electrons. The topological polar surface area (TPSA) is 125 Å². The van der Waals surface area contributed by atoms with E-state index >= 15 is 0 Å². The molecule has 1 unspecified atom stereocenters. The van der Waals surface area contributed by atoms with Gasteiger partial charge in [-0.25, -0.2) is 0 Å². The fourth-order valence-corrected chi connectivity index (χ4v) is 8.85. The average Bonchev–Trinajstić information content (AvgIpc) is 3.66. The van der Waals surface area contributed by atoms with E-state index in [1.165, 1.54) is 4.90 Å². The van der Waals surface area contributed by atoms with Crippen molar-refractivity contribution < 1.29 is 33.8 Å². The fourth-order valence-electron chi connectivity index (χ4n) is 7.91. The minimum absolute atomic E-state index is 0.0388. The first-order valence-corrected chi connectivity index (χ1v) is 17.5. The zero-order valence-corrected chi connectivity index (χ0v) is 27.9. The molecule has 3 aliphatic heterocycles. The summed E-state index contributed by atoms with van der Waals surface area (Å²) < 4.78 is 12.8. The summed E-state index contributed by atoms with van der Waals surface area (Å²) in [6.45, 7) is 8.00. The number of fused-ring (bicyclic) bond motifs is 1. The molecule has 250 valence electrons. The van der Waals surface area contributed by atoms with Crippen LogP contribution in [0.4, 0.5) is 0 Å². The first kappa shape index (κ1) is 34.3. The third-order valence-corrected chi connectivity index (χ3v) is 10.8. The lowest BCUT2D eigenvalue weighted by Gasteiger charge is -2.41. The molecule has 1 spiro atoms. The molecule has 3 heterocycles. The van der Waals surface area contributed by atoms with Crippen LogP contribution in [0.1, 0.15) is 69.5 Å². The normalized spacial score (nSPS) is 29.2. The van der Waals surface area contributed by atoms with E-state index in [2.05, 4.69) is 34.4 Å². The van der Waals surface area contributed by atoms with Crippen molar-refractivity contribution in [3.05, 3.63) is 61.2 Å². The molecule has 3 saturated heterocycles. The molecule has 1 aromatic carbocycles. The molecule has 4 aliphatic rings. The van der Waals surface area contributed by atoms with Gasteiger partial charge in [-0.3, -0.25) is 19.2 Å². The number of benzene rings is 1. The van der Waals surface area contributed by atoms with E-state index in [4.69, 9.17) is 9.47 Å². The van der Waals surface area contributed by atoms with Crippen molar-refractivity contribution in [2.24, 2.45) is 11.8 Å². The van der Waals surface area contributed by atoms with Crippen LogP contribution in [-0.4, -0.2) is 93.5 Å². The lowest BCUT2D eigenvalue weighted by molar-refractivity contribution is -0.160. The van der Waals surface area contributed by atoms with E-state index < -0.39 is 41.7 Å². The second-order valence-corrected chi connectivity index (χ2v) is 14.0. The number of esters is 1. The van der Waals surface area contributed by atoms with Gasteiger partial charge in [-0.1, -0.05) is 77.7 Å². The molecule has 0 aromatic heterocycles. The number of likely N-dealkylation sites (tertiary alicyclic amines) is 1. The Bertz CT molecular complexity index is 1290. The molecule has 3 amide bonds. The number of halogens is 1. The maximum Gasteiger partial charge on any atom is 0.313 e. The number of carbonyl (C=O) groups excluding carboxylic acids is 4. The van der Waals surface area contributed by atoms with Gasteiger partial charge in [0.2, 0.25) is 17.7 Å². The van der Waals surface area contributed by atoms with Crippen molar-refractivity contribution in [1.29, 1.82) is 0 Å². The van der Waals surface area contributed by atoms with Crippen LogP contribution in [0.15, 0.2) is 55.6 Å². The summed E-state index contributed by atoms with van der Waals surface area (Å²) in [6, 6.07) is 8.27. The minimum Gasteiger partial charge on any atom is -0.455 e. The monoisotopic (exact) mass is 699 g/mol. The van der Waals surface area contributed by atoms with E-state index in [-0.39, 0.29) is 54.7 Å². The molecule has 4 fully saturated rings. The summed E-state index contributed by atoms with van der Waals surface area (Å²) in [7, 11) is 0. The van der Waals surface area contributed by atoms with Crippen LogP contribution in [0.5, 0.6) is 0 Å². The van der Waals surface area contributed by atoms with Gasteiger partial charge in [0, 0.05) is 37.0 Å². The van der Waals surface area contributed by atoms with Gasteiger partial charge in [-0.2, -0.15) is 0 Å². The Morgan fingerprint density at radius 1 is 1.17 bits per heavy atom. The van der Waals surface area contributed by atoms with Crippen LogP contribution in [0.2, 0.25) is 0 Å². The van der Waals surface area contributed by atoms with Crippen molar-refractivity contribution in [2.45, 2.75) is 92.5 Å². The summed E-state index contributed by atoms with van der Waals surface area (Å²) in [6.07, 6.45) is 8.37. The van der Waals surface area contributed by atoms with Crippen molar-refractivity contribution in [1.82, 2.24) is 15.1 Å². The molecule has 1 saturated carbocycles. The summed E-state index contributed by atoms with van der Waals surface area (Å²) in [4.78, 5) is 58.6. The van der Waals surface area contributed by atoms with Crippen molar-refractivity contribution in [3.63, 3.8) is 0 Å². The maximum atomic E-state index is 14.6. The second kappa shape index (κ2) is 15.3. The van der Waals surface area contributed by atoms with Gasteiger partial charge in [0.25, 0.3) is 0 Å². The van der Waals surface area contributed by atoms with Gasteiger partial charge < -0.3 is 29.7 Å². The van der Waals surface area contributed by atoms with E-state index in [0.29, 0.717) is 31.4 Å². The number of amides is 3. The highest BCUT2D eigenvalue weighted by molar-refractivity contribution is 9.09. The van der Waals surface area contributed by atoms with E-state index in [9.17, 15) is 24.3 Å². The van der Waals surface area contributed by atoms with Crippen LogP contribution in [0.3, 0.4) is 0 Å². The van der Waals surface area contributed by atoms with Crippen LogP contribution < -0.4 is 5.32 Å². The van der Waals surface area contributed by atoms with Gasteiger partial charge in [0.05, 0.1) is 24.5 Å². The van der Waals surface area contributed by atoms with Gasteiger partial charge in [0.1, 0.15) is 17.7 Å². The number of nitrogens with one attached hydrogen (secondary N) is 1. The molecule has 7 atom stereocenters. The number of carbonyl (C=O) groups is 4. The summed E-state index contributed by atoms with van der Waals surface area (Å²) in [5, 5.41) is 12.6. The lowest BCUT2D eigenvalue weighted by Crippen LogP contribution is -2.58. The highest BCUT2D eigenvalue weighted by atomic mass is 79.9. The Balaban J connectivity index is 1.44.